The van der Waals surface area contributed by atoms with Gasteiger partial charge in [-0.15, -0.1) is 0 Å². The number of aryl methyl sites for hydroxylation is 1. The Bertz CT molecular complexity index is 1010. The van der Waals surface area contributed by atoms with Crippen molar-refractivity contribution in [1.82, 2.24) is 10.2 Å². The summed E-state index contributed by atoms with van der Waals surface area (Å²) < 4.78 is 26.1. The van der Waals surface area contributed by atoms with Crippen molar-refractivity contribution in [1.29, 1.82) is 0 Å². The van der Waals surface area contributed by atoms with E-state index in [9.17, 15) is 18.0 Å². The van der Waals surface area contributed by atoms with E-state index in [4.69, 9.17) is 0 Å². The monoisotopic (exact) mass is 459 g/mol. The number of amides is 2. The Kier molecular flexibility index (Phi) is 9.26. The molecule has 0 radical (unpaired) electrons. The van der Waals surface area contributed by atoms with Gasteiger partial charge < -0.3 is 10.2 Å². The molecule has 0 saturated carbocycles. The normalized spacial score (nSPS) is 12.1. The molecule has 0 heterocycles. The average molecular weight is 460 g/mol. The molecule has 0 unspecified atom stereocenters. The minimum atomic E-state index is -3.71. The van der Waals surface area contributed by atoms with Crippen molar-refractivity contribution in [2.45, 2.75) is 46.2 Å². The van der Waals surface area contributed by atoms with Crippen LogP contribution in [-0.4, -0.2) is 50.5 Å². The van der Waals surface area contributed by atoms with Gasteiger partial charge >= 0.3 is 0 Å². The van der Waals surface area contributed by atoms with E-state index >= 15 is 0 Å². The molecule has 0 spiro atoms. The molecule has 2 amide bonds. The van der Waals surface area contributed by atoms with E-state index in [0.717, 1.165) is 34.5 Å². The van der Waals surface area contributed by atoms with Crippen molar-refractivity contribution < 1.29 is 18.0 Å². The van der Waals surface area contributed by atoms with Gasteiger partial charge in [0.05, 0.1) is 11.9 Å². The molecule has 0 bridgehead atoms. The van der Waals surface area contributed by atoms with Crippen LogP contribution in [0, 0.1) is 6.92 Å². The van der Waals surface area contributed by atoms with Gasteiger partial charge in [0.2, 0.25) is 21.8 Å². The summed E-state index contributed by atoms with van der Waals surface area (Å²) in [6.45, 7) is 5.91. The Labute approximate surface area is 191 Å². The highest BCUT2D eigenvalue weighted by molar-refractivity contribution is 7.92. The van der Waals surface area contributed by atoms with Crippen molar-refractivity contribution in [2.75, 3.05) is 23.7 Å². The molecule has 0 aliphatic heterocycles. The third kappa shape index (κ3) is 7.37. The van der Waals surface area contributed by atoms with E-state index < -0.39 is 22.0 Å². The molecule has 0 aliphatic carbocycles. The van der Waals surface area contributed by atoms with Crippen molar-refractivity contribution >= 4 is 27.5 Å². The lowest BCUT2D eigenvalue weighted by Gasteiger charge is -2.31. The molecular weight excluding hydrogens is 426 g/mol. The second-order valence-corrected chi connectivity index (χ2v) is 9.84. The van der Waals surface area contributed by atoms with Crippen molar-refractivity contribution in [3.8, 4) is 0 Å². The summed E-state index contributed by atoms with van der Waals surface area (Å²) in [4.78, 5) is 27.5. The predicted molar refractivity (Wildman–Crippen MR) is 128 cm³/mol. The molecule has 8 heteroatoms. The number of benzene rings is 2. The van der Waals surface area contributed by atoms with Crippen molar-refractivity contribution in [3.05, 3.63) is 65.7 Å². The van der Waals surface area contributed by atoms with Gasteiger partial charge in [-0.3, -0.25) is 13.9 Å². The number of carbonyl (C=O) groups is 2. The third-order valence-electron chi connectivity index (χ3n) is 5.16. The maximum absolute atomic E-state index is 13.4. The van der Waals surface area contributed by atoms with Gasteiger partial charge in [-0.05, 0) is 43.5 Å². The van der Waals surface area contributed by atoms with Crippen LogP contribution in [0.5, 0.6) is 0 Å². The molecule has 0 fully saturated rings. The number of nitrogens with zero attached hydrogens (tertiary/aromatic N) is 2. The molecule has 174 valence electrons. The number of carbonyl (C=O) groups excluding carboxylic acids is 2. The van der Waals surface area contributed by atoms with Gasteiger partial charge in [0.25, 0.3) is 0 Å². The molecule has 7 nitrogen and oxygen atoms in total. The summed E-state index contributed by atoms with van der Waals surface area (Å²) in [6, 6.07) is 15.6. The first-order valence-corrected chi connectivity index (χ1v) is 12.6. The summed E-state index contributed by atoms with van der Waals surface area (Å²) >= 11 is 0. The molecule has 0 aromatic heterocycles. The van der Waals surface area contributed by atoms with E-state index in [2.05, 4.69) is 5.32 Å². The molecule has 2 aromatic carbocycles. The fourth-order valence-corrected chi connectivity index (χ4v) is 4.14. The Morgan fingerprint density at radius 3 is 2.34 bits per heavy atom. The molecular formula is C24H33N3O4S. The van der Waals surface area contributed by atoms with Crippen LogP contribution >= 0.6 is 0 Å². The van der Waals surface area contributed by atoms with Gasteiger partial charge in [0.1, 0.15) is 12.6 Å². The topological polar surface area (TPSA) is 86.8 Å². The maximum atomic E-state index is 13.4. The maximum Gasteiger partial charge on any atom is 0.244 e. The Morgan fingerprint density at radius 1 is 1.06 bits per heavy atom. The first kappa shape index (κ1) is 25.4. The first-order valence-electron chi connectivity index (χ1n) is 10.8. The smallest absolute Gasteiger partial charge is 0.244 e. The number of rotatable bonds is 11. The van der Waals surface area contributed by atoms with Crippen LogP contribution in [0.25, 0.3) is 0 Å². The molecule has 2 aromatic rings. The molecule has 32 heavy (non-hydrogen) atoms. The Hall–Kier alpha value is -2.87. The summed E-state index contributed by atoms with van der Waals surface area (Å²) in [7, 11) is -3.71. The molecule has 1 atom stereocenters. The van der Waals surface area contributed by atoms with Gasteiger partial charge in [-0.2, -0.15) is 0 Å². The third-order valence-corrected chi connectivity index (χ3v) is 6.30. The number of hydrogen-bond donors (Lipinski definition) is 1. The molecule has 2 rings (SSSR count). The predicted octanol–water partition coefficient (Wildman–Crippen LogP) is 3.09. The lowest BCUT2D eigenvalue weighted by molar-refractivity contribution is -0.139. The number of sulfonamides is 1. The van der Waals surface area contributed by atoms with E-state index in [1.165, 1.54) is 4.90 Å². The van der Waals surface area contributed by atoms with E-state index in [1.807, 2.05) is 50.2 Å². The van der Waals surface area contributed by atoms with Gasteiger partial charge in [0.15, 0.2) is 0 Å². The fraction of sp³-hybridized carbons (Fsp3) is 0.417. The summed E-state index contributed by atoms with van der Waals surface area (Å²) in [6.07, 6.45) is 2.87. The fourth-order valence-electron chi connectivity index (χ4n) is 3.30. The lowest BCUT2D eigenvalue weighted by atomic mass is 10.1. The zero-order valence-electron chi connectivity index (χ0n) is 19.2. The van der Waals surface area contributed by atoms with Gasteiger partial charge in [-0.1, -0.05) is 55.8 Å². The van der Waals surface area contributed by atoms with E-state index in [1.54, 1.807) is 25.1 Å². The molecule has 1 N–H and O–H groups in total. The highest BCUT2D eigenvalue weighted by Crippen LogP contribution is 2.20. The van der Waals surface area contributed by atoms with E-state index in [-0.39, 0.29) is 19.0 Å². The first-order chi connectivity index (χ1) is 15.1. The van der Waals surface area contributed by atoms with Crippen LogP contribution in [0.3, 0.4) is 0 Å². The quantitative estimate of drug-likeness (QED) is 0.523. The lowest BCUT2D eigenvalue weighted by Crippen LogP contribution is -2.51. The number of anilines is 1. The zero-order chi connectivity index (χ0) is 23.7. The van der Waals surface area contributed by atoms with E-state index in [0.29, 0.717) is 12.2 Å². The summed E-state index contributed by atoms with van der Waals surface area (Å²) in [5.41, 5.74) is 2.16. The summed E-state index contributed by atoms with van der Waals surface area (Å²) in [5.74, 6) is -0.705. The Balaban J connectivity index is 2.31. The van der Waals surface area contributed by atoms with Crippen LogP contribution in [0.1, 0.15) is 37.8 Å². The minimum Gasteiger partial charge on any atom is -0.354 e. The standard InChI is InChI=1S/C24H33N3O4S/c1-5-6-15-25-24(29)20(3)26(17-21-12-8-7-9-13-21)23(28)18-27(32(4,30)31)22-14-10-11-19(2)16-22/h7-14,16,20H,5-6,15,17-18H2,1-4H3,(H,25,29)/t20-/m0/s1. The highest BCUT2D eigenvalue weighted by atomic mass is 32.2. The zero-order valence-corrected chi connectivity index (χ0v) is 20.1. The second-order valence-electron chi connectivity index (χ2n) is 7.94. The number of hydrogen-bond acceptors (Lipinski definition) is 4. The van der Waals surface area contributed by atoms with Crippen molar-refractivity contribution in [2.24, 2.45) is 0 Å². The second kappa shape index (κ2) is 11.7. The SMILES string of the molecule is CCCCNC(=O)[C@H](C)N(Cc1ccccc1)C(=O)CN(c1cccc(C)c1)S(C)(=O)=O. The van der Waals surface area contributed by atoms with Gasteiger partial charge in [-0.25, -0.2) is 8.42 Å². The van der Waals surface area contributed by atoms with Crippen molar-refractivity contribution in [3.63, 3.8) is 0 Å². The molecule has 0 aliphatic rings. The molecule has 0 saturated heterocycles. The summed E-state index contributed by atoms with van der Waals surface area (Å²) in [5, 5.41) is 2.86. The van der Waals surface area contributed by atoms with Crippen LogP contribution in [0.15, 0.2) is 54.6 Å². The van der Waals surface area contributed by atoms with Crippen LogP contribution in [-0.2, 0) is 26.2 Å². The van der Waals surface area contributed by atoms with Crippen LogP contribution in [0.4, 0.5) is 5.69 Å². The minimum absolute atomic E-state index is 0.202. The Morgan fingerprint density at radius 2 is 1.75 bits per heavy atom. The highest BCUT2D eigenvalue weighted by Gasteiger charge is 2.29. The largest absolute Gasteiger partial charge is 0.354 e. The van der Waals surface area contributed by atoms with Crippen LogP contribution in [0.2, 0.25) is 0 Å². The van der Waals surface area contributed by atoms with Gasteiger partial charge in [0, 0.05) is 13.1 Å². The number of unbranched alkanes of at least 4 members (excludes halogenated alkanes) is 1. The number of nitrogens with one attached hydrogen (secondary N) is 1. The average Bonchev–Trinajstić information content (AvgIpc) is 2.75. The van der Waals surface area contributed by atoms with Crippen LogP contribution < -0.4 is 9.62 Å².